The van der Waals surface area contributed by atoms with E-state index in [4.69, 9.17) is 4.74 Å². The Kier molecular flexibility index (Phi) is 5.87. The van der Waals surface area contributed by atoms with E-state index in [9.17, 15) is 14.4 Å². The zero-order valence-electron chi connectivity index (χ0n) is 21.2. The van der Waals surface area contributed by atoms with Gasteiger partial charge in [0.25, 0.3) is 5.91 Å². The molecule has 3 N–H and O–H groups in total. The van der Waals surface area contributed by atoms with Gasteiger partial charge in [-0.1, -0.05) is 48.5 Å². The lowest BCUT2D eigenvalue weighted by Gasteiger charge is -2.37. The van der Waals surface area contributed by atoms with Crippen LogP contribution >= 0.6 is 0 Å². The second-order valence-corrected chi connectivity index (χ2v) is 9.78. The maximum absolute atomic E-state index is 13.7. The fraction of sp³-hybridized carbons (Fsp3) is 0.233. The van der Waals surface area contributed by atoms with E-state index >= 15 is 0 Å². The average Bonchev–Trinajstić information content (AvgIpc) is 3.47. The number of aromatic amines is 1. The molecule has 0 radical (unpaired) electrons. The number of benzene rings is 3. The normalized spacial score (nSPS) is 18.4. The summed E-state index contributed by atoms with van der Waals surface area (Å²) in [5, 5.41) is 6.77. The molecule has 2 aliphatic rings. The highest BCUT2D eigenvalue weighted by Crippen LogP contribution is 2.46. The molecule has 3 heterocycles. The van der Waals surface area contributed by atoms with Crippen LogP contribution in [0, 0.1) is 0 Å². The van der Waals surface area contributed by atoms with Crippen molar-refractivity contribution >= 4 is 28.6 Å². The lowest BCUT2D eigenvalue weighted by atomic mass is 9.90. The number of amides is 3. The average molecular weight is 509 g/mol. The zero-order valence-corrected chi connectivity index (χ0v) is 21.2. The smallest absolute Gasteiger partial charge is 0.255 e. The quantitative estimate of drug-likeness (QED) is 0.371. The van der Waals surface area contributed by atoms with E-state index in [-0.39, 0.29) is 23.8 Å². The highest BCUT2D eigenvalue weighted by molar-refractivity contribution is 6.04. The maximum Gasteiger partial charge on any atom is 0.255 e. The molecule has 0 saturated heterocycles. The maximum atomic E-state index is 13.7. The van der Waals surface area contributed by atoms with Gasteiger partial charge in [0.15, 0.2) is 0 Å². The Bertz CT molecular complexity index is 1560. The molecule has 3 aromatic carbocycles. The first-order chi connectivity index (χ1) is 18.5. The number of fused-ring (bicyclic) bond motifs is 7. The number of ether oxygens (including phenoxy) is 1. The summed E-state index contributed by atoms with van der Waals surface area (Å²) in [7, 11) is 1.60. The standard InChI is InChI=1S/C30H28N4O4/c1-17(28(35)31-16-18-11-13-19(38-2)14-12-18)32-29(36)25-15-23-20-7-5-6-10-24(20)33-26(23)27-21-8-3-4-9-22(21)30(37)34(25)27/h3-14,17,25,27,33H,15-16H2,1-2H3,(H,31,35)(H,32,36). The summed E-state index contributed by atoms with van der Waals surface area (Å²) in [6.45, 7) is 1.98. The molecule has 0 bridgehead atoms. The Balaban J connectivity index is 1.24. The molecule has 3 amide bonds. The second kappa shape index (κ2) is 9.37. The van der Waals surface area contributed by atoms with Gasteiger partial charge in [-0.2, -0.15) is 0 Å². The van der Waals surface area contributed by atoms with Crippen LogP contribution in [0.3, 0.4) is 0 Å². The third-order valence-corrected chi connectivity index (χ3v) is 7.53. The molecule has 0 aliphatic carbocycles. The molecule has 0 fully saturated rings. The molecule has 6 rings (SSSR count). The first kappa shape index (κ1) is 23.8. The summed E-state index contributed by atoms with van der Waals surface area (Å²) >= 11 is 0. The topological polar surface area (TPSA) is 104 Å². The molecule has 8 nitrogen and oxygen atoms in total. The Morgan fingerprint density at radius 2 is 1.79 bits per heavy atom. The van der Waals surface area contributed by atoms with Gasteiger partial charge >= 0.3 is 0 Å². The SMILES string of the molecule is COc1ccc(CNC(=O)C(C)NC(=O)C2Cc3c([nH]c4ccccc34)C3c4ccccc4C(=O)N23)cc1. The summed E-state index contributed by atoms with van der Waals surface area (Å²) < 4.78 is 5.17. The van der Waals surface area contributed by atoms with Crippen molar-refractivity contribution in [1.82, 2.24) is 20.5 Å². The molecule has 0 saturated carbocycles. The van der Waals surface area contributed by atoms with Crippen LogP contribution in [0.1, 0.15) is 45.7 Å². The number of H-pyrrole nitrogens is 1. The van der Waals surface area contributed by atoms with E-state index < -0.39 is 12.1 Å². The molecule has 2 aliphatic heterocycles. The first-order valence-electron chi connectivity index (χ1n) is 12.7. The van der Waals surface area contributed by atoms with Crippen molar-refractivity contribution in [3.8, 4) is 5.75 Å². The van der Waals surface area contributed by atoms with Gasteiger partial charge in [-0.15, -0.1) is 0 Å². The summed E-state index contributed by atoms with van der Waals surface area (Å²) in [6, 6.07) is 21.0. The van der Waals surface area contributed by atoms with Crippen molar-refractivity contribution in [3.05, 3.63) is 101 Å². The fourth-order valence-corrected chi connectivity index (χ4v) is 5.60. The summed E-state index contributed by atoms with van der Waals surface area (Å²) in [4.78, 5) is 45.2. The first-order valence-corrected chi connectivity index (χ1v) is 12.7. The van der Waals surface area contributed by atoms with E-state index in [2.05, 4.69) is 15.6 Å². The molecule has 192 valence electrons. The molecule has 3 atom stereocenters. The Morgan fingerprint density at radius 3 is 2.58 bits per heavy atom. The molecule has 4 aromatic rings. The predicted octanol–water partition coefficient (Wildman–Crippen LogP) is 3.47. The monoisotopic (exact) mass is 508 g/mol. The minimum Gasteiger partial charge on any atom is -0.497 e. The zero-order chi connectivity index (χ0) is 26.4. The van der Waals surface area contributed by atoms with Crippen LogP contribution in [0.4, 0.5) is 0 Å². The summed E-state index contributed by atoms with van der Waals surface area (Å²) in [6.07, 6.45) is 0.363. The van der Waals surface area contributed by atoms with E-state index in [1.807, 2.05) is 72.8 Å². The van der Waals surface area contributed by atoms with Crippen LogP contribution in [0.25, 0.3) is 10.9 Å². The van der Waals surface area contributed by atoms with Gasteiger partial charge in [0.1, 0.15) is 17.8 Å². The summed E-state index contributed by atoms with van der Waals surface area (Å²) in [5.41, 5.74) is 5.35. The number of methoxy groups -OCH3 is 1. The lowest BCUT2D eigenvalue weighted by molar-refractivity contribution is -0.131. The number of hydrogen-bond acceptors (Lipinski definition) is 4. The molecular formula is C30H28N4O4. The van der Waals surface area contributed by atoms with Gasteiger partial charge < -0.3 is 25.3 Å². The van der Waals surface area contributed by atoms with E-state index in [1.54, 1.807) is 18.9 Å². The van der Waals surface area contributed by atoms with Gasteiger partial charge in [-0.05, 0) is 47.9 Å². The van der Waals surface area contributed by atoms with Crippen LogP contribution in [0.5, 0.6) is 5.75 Å². The van der Waals surface area contributed by atoms with Gasteiger partial charge in [-0.3, -0.25) is 14.4 Å². The number of carbonyl (C=O) groups excluding carboxylic acids is 3. The number of carbonyl (C=O) groups is 3. The van der Waals surface area contributed by atoms with Crippen LogP contribution in [-0.2, 0) is 22.6 Å². The predicted molar refractivity (Wildman–Crippen MR) is 143 cm³/mol. The third-order valence-electron chi connectivity index (χ3n) is 7.53. The van der Waals surface area contributed by atoms with Crippen LogP contribution < -0.4 is 15.4 Å². The molecule has 38 heavy (non-hydrogen) atoms. The number of nitrogens with zero attached hydrogens (tertiary/aromatic N) is 1. The van der Waals surface area contributed by atoms with Gasteiger partial charge in [0, 0.05) is 35.1 Å². The van der Waals surface area contributed by atoms with Crippen molar-refractivity contribution < 1.29 is 19.1 Å². The van der Waals surface area contributed by atoms with Crippen molar-refractivity contribution in [2.24, 2.45) is 0 Å². The van der Waals surface area contributed by atoms with Gasteiger partial charge in [-0.25, -0.2) is 0 Å². The largest absolute Gasteiger partial charge is 0.497 e. The highest BCUT2D eigenvalue weighted by atomic mass is 16.5. The van der Waals surface area contributed by atoms with Gasteiger partial charge in [0.2, 0.25) is 11.8 Å². The van der Waals surface area contributed by atoms with E-state index in [0.29, 0.717) is 18.5 Å². The number of nitrogens with one attached hydrogen (secondary N) is 3. The molecular weight excluding hydrogens is 480 g/mol. The molecule has 0 spiro atoms. The van der Waals surface area contributed by atoms with Crippen LogP contribution in [0.2, 0.25) is 0 Å². The molecule has 8 heteroatoms. The van der Waals surface area contributed by atoms with Crippen molar-refractivity contribution in [3.63, 3.8) is 0 Å². The van der Waals surface area contributed by atoms with Crippen molar-refractivity contribution in [2.45, 2.75) is 38.0 Å². The van der Waals surface area contributed by atoms with Crippen LogP contribution in [0.15, 0.2) is 72.8 Å². The number of hydrogen-bond donors (Lipinski definition) is 3. The number of para-hydroxylation sites is 1. The highest BCUT2D eigenvalue weighted by Gasteiger charge is 2.49. The summed E-state index contributed by atoms with van der Waals surface area (Å²) in [5.74, 6) is -0.0836. The molecule has 3 unspecified atom stereocenters. The van der Waals surface area contributed by atoms with Crippen LogP contribution in [-0.4, -0.2) is 46.8 Å². The molecule has 1 aromatic heterocycles. The minimum atomic E-state index is -0.774. The Morgan fingerprint density at radius 1 is 1.05 bits per heavy atom. The second-order valence-electron chi connectivity index (χ2n) is 9.78. The van der Waals surface area contributed by atoms with Gasteiger partial charge in [0.05, 0.1) is 13.2 Å². The fourth-order valence-electron chi connectivity index (χ4n) is 5.60. The van der Waals surface area contributed by atoms with Crippen molar-refractivity contribution in [1.29, 1.82) is 0 Å². The number of aromatic nitrogens is 1. The Hall–Kier alpha value is -4.59. The minimum absolute atomic E-state index is 0.174. The lowest BCUT2D eigenvalue weighted by Crippen LogP contribution is -2.55. The van der Waals surface area contributed by atoms with E-state index in [0.717, 1.165) is 39.0 Å². The van der Waals surface area contributed by atoms with Crippen molar-refractivity contribution in [2.75, 3.05) is 7.11 Å². The number of rotatable bonds is 6. The van der Waals surface area contributed by atoms with E-state index in [1.165, 1.54) is 0 Å². The Labute approximate surface area is 220 Å². The third kappa shape index (κ3) is 3.89.